The van der Waals surface area contributed by atoms with Crippen molar-refractivity contribution in [2.75, 3.05) is 25.9 Å². The maximum absolute atomic E-state index is 14.4. The molecule has 22 heavy (non-hydrogen) atoms. The number of nitrogens with zero attached hydrogens (tertiary/aromatic N) is 1. The van der Waals surface area contributed by atoms with Crippen molar-refractivity contribution in [3.05, 3.63) is 23.3 Å². The largest absolute Gasteiger partial charge is 0.488 e. The van der Waals surface area contributed by atoms with Gasteiger partial charge in [-0.15, -0.1) is 0 Å². The lowest BCUT2D eigenvalue weighted by atomic mass is 9.84. The van der Waals surface area contributed by atoms with Crippen LogP contribution in [0, 0.1) is 6.92 Å². The number of hydrogen-bond donors (Lipinski definition) is 1. The van der Waals surface area contributed by atoms with Crippen LogP contribution < -0.4 is 10.5 Å². The van der Waals surface area contributed by atoms with Crippen LogP contribution in [-0.4, -0.2) is 37.1 Å². The number of ether oxygens (including phenoxy) is 1. The molecule has 0 amide bonds. The molecule has 3 rings (SSSR count). The van der Waals surface area contributed by atoms with E-state index in [1.165, 1.54) is 0 Å². The third kappa shape index (κ3) is 3.35. The Labute approximate surface area is 131 Å². The van der Waals surface area contributed by atoms with Crippen molar-refractivity contribution in [2.45, 2.75) is 51.6 Å². The van der Waals surface area contributed by atoms with E-state index in [0.29, 0.717) is 30.0 Å². The van der Waals surface area contributed by atoms with Crippen LogP contribution in [0.25, 0.3) is 0 Å². The number of hydrogen-bond acceptors (Lipinski definition) is 3. The second kappa shape index (κ2) is 6.03. The molecule has 1 aliphatic heterocycles. The molecule has 1 unspecified atom stereocenters. The highest BCUT2D eigenvalue weighted by atomic mass is 19.3. The summed E-state index contributed by atoms with van der Waals surface area (Å²) in [7, 11) is 1.74. The SMILES string of the molecule is C.Cc1cc(N)c(OC2CC2)cc1C1CCN(C)CC1(F)F. The lowest BCUT2D eigenvalue weighted by Gasteiger charge is -2.37. The van der Waals surface area contributed by atoms with Crippen LogP contribution in [0.3, 0.4) is 0 Å². The Morgan fingerprint density at radius 2 is 1.95 bits per heavy atom. The van der Waals surface area contributed by atoms with E-state index >= 15 is 0 Å². The quantitative estimate of drug-likeness (QED) is 0.863. The van der Waals surface area contributed by atoms with Gasteiger partial charge < -0.3 is 15.4 Å². The van der Waals surface area contributed by atoms with Crippen LogP contribution in [0.1, 0.15) is 43.7 Å². The smallest absolute Gasteiger partial charge is 0.267 e. The van der Waals surface area contributed by atoms with E-state index in [1.54, 1.807) is 24.1 Å². The molecule has 0 bridgehead atoms. The number of rotatable bonds is 3. The van der Waals surface area contributed by atoms with Gasteiger partial charge in [0.2, 0.25) is 0 Å². The van der Waals surface area contributed by atoms with Gasteiger partial charge in [0.25, 0.3) is 5.92 Å². The van der Waals surface area contributed by atoms with E-state index < -0.39 is 11.8 Å². The first kappa shape index (κ1) is 17.0. The molecule has 1 aliphatic carbocycles. The molecule has 1 saturated heterocycles. The topological polar surface area (TPSA) is 38.5 Å². The first-order valence-corrected chi connectivity index (χ1v) is 7.50. The molecular weight excluding hydrogens is 286 g/mol. The molecule has 1 aromatic rings. The molecule has 0 aromatic heterocycles. The van der Waals surface area contributed by atoms with Gasteiger partial charge in [0, 0.05) is 0 Å². The van der Waals surface area contributed by atoms with E-state index in [1.807, 2.05) is 6.92 Å². The summed E-state index contributed by atoms with van der Waals surface area (Å²) in [5.41, 5.74) is 8.01. The van der Waals surface area contributed by atoms with Crippen molar-refractivity contribution in [3.63, 3.8) is 0 Å². The van der Waals surface area contributed by atoms with Crippen molar-refractivity contribution < 1.29 is 13.5 Å². The van der Waals surface area contributed by atoms with Crippen LogP contribution in [0.4, 0.5) is 14.5 Å². The Bertz CT molecular complexity index is 544. The fourth-order valence-electron chi connectivity index (χ4n) is 3.06. The number of nitrogen functional groups attached to an aromatic ring is 1. The molecule has 124 valence electrons. The van der Waals surface area contributed by atoms with Crippen molar-refractivity contribution in [1.29, 1.82) is 0 Å². The lowest BCUT2D eigenvalue weighted by Crippen LogP contribution is -2.45. The third-order valence-electron chi connectivity index (χ3n) is 4.38. The van der Waals surface area contributed by atoms with Gasteiger partial charge in [0.15, 0.2) is 0 Å². The Morgan fingerprint density at radius 3 is 2.55 bits per heavy atom. The van der Waals surface area contributed by atoms with Crippen molar-refractivity contribution in [2.24, 2.45) is 0 Å². The zero-order valence-corrected chi connectivity index (χ0v) is 12.5. The Hall–Kier alpha value is -1.36. The lowest BCUT2D eigenvalue weighted by molar-refractivity contribution is -0.0767. The summed E-state index contributed by atoms with van der Waals surface area (Å²) >= 11 is 0. The van der Waals surface area contributed by atoms with E-state index in [9.17, 15) is 8.78 Å². The first-order valence-electron chi connectivity index (χ1n) is 7.50. The standard InChI is InChI=1S/C16H22F2N2O.CH4/c1-10-7-14(19)15(21-11-3-4-11)8-12(10)13-5-6-20(2)9-16(13,17)18;/h7-8,11,13H,3-6,9,19H2,1-2H3;1H4. The highest BCUT2D eigenvalue weighted by Crippen LogP contribution is 2.43. The summed E-state index contributed by atoms with van der Waals surface area (Å²) in [4.78, 5) is 1.69. The number of alkyl halides is 2. The molecule has 1 atom stereocenters. The second-order valence-electron chi connectivity index (χ2n) is 6.40. The maximum Gasteiger partial charge on any atom is 0.267 e. The van der Waals surface area contributed by atoms with Crippen molar-refractivity contribution in [3.8, 4) is 5.75 Å². The van der Waals surface area contributed by atoms with Gasteiger partial charge in [-0.25, -0.2) is 8.78 Å². The Kier molecular flexibility index (Phi) is 4.66. The molecule has 1 heterocycles. The predicted molar refractivity (Wildman–Crippen MR) is 85.8 cm³/mol. The van der Waals surface area contributed by atoms with Gasteiger partial charge in [-0.1, -0.05) is 7.43 Å². The molecule has 0 radical (unpaired) electrons. The summed E-state index contributed by atoms with van der Waals surface area (Å²) in [5.74, 6) is -2.91. The molecule has 3 nitrogen and oxygen atoms in total. The van der Waals surface area contributed by atoms with E-state index in [4.69, 9.17) is 10.5 Å². The van der Waals surface area contributed by atoms with Gasteiger partial charge in [0.05, 0.1) is 24.3 Å². The van der Waals surface area contributed by atoms with Crippen LogP contribution in [0.2, 0.25) is 0 Å². The minimum absolute atomic E-state index is 0. The molecule has 5 heteroatoms. The number of nitrogens with two attached hydrogens (primary N) is 1. The minimum atomic E-state index is -2.72. The molecule has 2 aliphatic rings. The molecule has 2 N–H and O–H groups in total. The second-order valence-corrected chi connectivity index (χ2v) is 6.40. The number of aryl methyl sites for hydroxylation is 1. The summed E-state index contributed by atoms with van der Waals surface area (Å²) in [6.45, 7) is 2.34. The number of likely N-dealkylation sites (tertiary alicyclic amines) is 1. The monoisotopic (exact) mass is 312 g/mol. The van der Waals surface area contributed by atoms with Gasteiger partial charge in [0.1, 0.15) is 5.75 Å². The highest BCUT2D eigenvalue weighted by Gasteiger charge is 2.45. The summed E-state index contributed by atoms with van der Waals surface area (Å²) in [6.07, 6.45) is 2.71. The molecular formula is C17H26F2N2O. The average molecular weight is 312 g/mol. The first-order chi connectivity index (χ1) is 9.87. The minimum Gasteiger partial charge on any atom is -0.488 e. The van der Waals surface area contributed by atoms with Crippen molar-refractivity contribution >= 4 is 5.69 Å². The normalized spacial score (nSPS) is 24.6. The van der Waals surface area contributed by atoms with Crippen LogP contribution in [0.5, 0.6) is 5.75 Å². The number of benzene rings is 1. The fourth-order valence-corrected chi connectivity index (χ4v) is 3.06. The number of halogens is 2. The van der Waals surface area contributed by atoms with Gasteiger partial charge in [-0.3, -0.25) is 0 Å². The van der Waals surface area contributed by atoms with Crippen LogP contribution in [0.15, 0.2) is 12.1 Å². The van der Waals surface area contributed by atoms with Gasteiger partial charge in [-0.05, 0) is 63.0 Å². The Morgan fingerprint density at radius 1 is 1.27 bits per heavy atom. The van der Waals surface area contributed by atoms with E-state index in [2.05, 4.69) is 0 Å². The van der Waals surface area contributed by atoms with Crippen LogP contribution in [-0.2, 0) is 0 Å². The zero-order chi connectivity index (χ0) is 15.2. The summed E-state index contributed by atoms with van der Waals surface area (Å²) < 4.78 is 34.5. The molecule has 1 aromatic carbocycles. The van der Waals surface area contributed by atoms with E-state index in [-0.39, 0.29) is 20.1 Å². The third-order valence-corrected chi connectivity index (χ3v) is 4.38. The average Bonchev–Trinajstić information content (AvgIpc) is 3.16. The summed E-state index contributed by atoms with van der Waals surface area (Å²) in [5, 5.41) is 0. The highest BCUT2D eigenvalue weighted by molar-refractivity contribution is 5.58. The fraction of sp³-hybridized carbons (Fsp3) is 0.647. The maximum atomic E-state index is 14.4. The Balaban J connectivity index is 0.00000176. The molecule has 0 spiro atoms. The van der Waals surface area contributed by atoms with Crippen molar-refractivity contribution in [1.82, 2.24) is 4.90 Å². The molecule has 2 fully saturated rings. The van der Waals surface area contributed by atoms with Crippen LogP contribution >= 0.6 is 0 Å². The number of anilines is 1. The molecule has 1 saturated carbocycles. The predicted octanol–water partition coefficient (Wildman–Crippen LogP) is 3.81. The summed E-state index contributed by atoms with van der Waals surface area (Å²) in [6, 6.07) is 3.51. The van der Waals surface area contributed by atoms with Gasteiger partial charge >= 0.3 is 0 Å². The van der Waals surface area contributed by atoms with E-state index in [0.717, 1.165) is 18.4 Å². The zero-order valence-electron chi connectivity index (χ0n) is 12.5. The number of piperidine rings is 1. The van der Waals surface area contributed by atoms with Gasteiger partial charge in [-0.2, -0.15) is 0 Å².